The number of carbonyl (C=O) groups excluding carboxylic acids is 1. The van der Waals surface area contributed by atoms with Crippen LogP contribution in [-0.4, -0.2) is 29.1 Å². The molecule has 1 unspecified atom stereocenters. The van der Waals surface area contributed by atoms with Gasteiger partial charge in [-0.05, 0) is 43.9 Å². The van der Waals surface area contributed by atoms with Crippen LogP contribution in [0, 0.1) is 11.8 Å². The van der Waals surface area contributed by atoms with Crippen molar-refractivity contribution in [2.75, 3.05) is 6.54 Å². The molecule has 0 aromatic rings. The molecule has 1 saturated heterocycles. The van der Waals surface area contributed by atoms with Gasteiger partial charge in [-0.1, -0.05) is 26.7 Å². The summed E-state index contributed by atoms with van der Waals surface area (Å²) in [5.41, 5.74) is -0.126. The third-order valence-electron chi connectivity index (χ3n) is 4.64. The Balaban J connectivity index is 1.57. The summed E-state index contributed by atoms with van der Waals surface area (Å²) < 4.78 is 0. The van der Waals surface area contributed by atoms with Crippen molar-refractivity contribution in [3.63, 3.8) is 0 Å². The molecule has 0 radical (unpaired) electrons. The Morgan fingerprint density at radius 2 is 2.11 bits per heavy atom. The molecule has 18 heavy (non-hydrogen) atoms. The highest BCUT2D eigenvalue weighted by molar-refractivity contribution is 5.91. The number of hydrogen-bond donors (Lipinski definition) is 1. The van der Waals surface area contributed by atoms with Crippen molar-refractivity contribution < 1.29 is 4.79 Å². The van der Waals surface area contributed by atoms with Crippen LogP contribution in [0.15, 0.2) is 0 Å². The van der Waals surface area contributed by atoms with Crippen molar-refractivity contribution >= 4 is 5.91 Å². The number of amides is 1. The minimum Gasteiger partial charge on any atom is -0.326 e. The fourth-order valence-corrected chi connectivity index (χ4v) is 3.21. The van der Waals surface area contributed by atoms with E-state index in [9.17, 15) is 4.79 Å². The lowest BCUT2D eigenvalue weighted by atomic mass is 10.1. The van der Waals surface area contributed by atoms with E-state index in [2.05, 4.69) is 24.1 Å². The highest BCUT2D eigenvalue weighted by Crippen LogP contribution is 2.43. The molecule has 0 aromatic carbocycles. The van der Waals surface area contributed by atoms with Gasteiger partial charge in [-0.3, -0.25) is 10.1 Å². The van der Waals surface area contributed by atoms with Gasteiger partial charge in [0, 0.05) is 6.54 Å². The SMILES string of the molecule is CC(C)CC1NC2(CC2)C(=O)N1CCCC1CC1. The van der Waals surface area contributed by atoms with E-state index in [4.69, 9.17) is 0 Å². The van der Waals surface area contributed by atoms with Gasteiger partial charge in [0.25, 0.3) is 0 Å². The quantitative estimate of drug-likeness (QED) is 0.785. The summed E-state index contributed by atoms with van der Waals surface area (Å²) >= 11 is 0. The summed E-state index contributed by atoms with van der Waals surface area (Å²) in [6, 6.07) is 0. The molecule has 1 heterocycles. The van der Waals surface area contributed by atoms with E-state index in [1.54, 1.807) is 0 Å². The van der Waals surface area contributed by atoms with Gasteiger partial charge in [0.05, 0.1) is 11.7 Å². The maximum Gasteiger partial charge on any atom is 0.244 e. The molecule has 1 N–H and O–H groups in total. The first-order valence-electron chi connectivity index (χ1n) is 7.69. The largest absolute Gasteiger partial charge is 0.326 e. The zero-order valence-corrected chi connectivity index (χ0v) is 11.7. The van der Waals surface area contributed by atoms with Gasteiger partial charge in [0.15, 0.2) is 0 Å². The van der Waals surface area contributed by atoms with Crippen LogP contribution in [0.1, 0.15) is 58.8 Å². The van der Waals surface area contributed by atoms with Crippen LogP contribution in [0.5, 0.6) is 0 Å². The van der Waals surface area contributed by atoms with E-state index in [1.807, 2.05) is 0 Å². The van der Waals surface area contributed by atoms with Gasteiger partial charge in [-0.25, -0.2) is 0 Å². The first kappa shape index (κ1) is 12.5. The number of nitrogens with one attached hydrogen (secondary N) is 1. The smallest absolute Gasteiger partial charge is 0.244 e. The molecule has 3 nitrogen and oxygen atoms in total. The van der Waals surface area contributed by atoms with Gasteiger partial charge >= 0.3 is 0 Å². The normalized spacial score (nSPS) is 29.6. The lowest BCUT2D eigenvalue weighted by Crippen LogP contribution is -2.39. The van der Waals surface area contributed by atoms with E-state index >= 15 is 0 Å². The minimum absolute atomic E-state index is 0.126. The maximum atomic E-state index is 12.4. The van der Waals surface area contributed by atoms with E-state index in [-0.39, 0.29) is 5.54 Å². The van der Waals surface area contributed by atoms with E-state index < -0.39 is 0 Å². The summed E-state index contributed by atoms with van der Waals surface area (Å²) in [5.74, 6) is 2.02. The van der Waals surface area contributed by atoms with Crippen LogP contribution in [0.25, 0.3) is 0 Å². The second-order valence-corrected chi connectivity index (χ2v) is 6.96. The third kappa shape index (κ3) is 2.42. The van der Waals surface area contributed by atoms with Gasteiger partial charge < -0.3 is 4.90 Å². The molecule has 0 aromatic heterocycles. The lowest BCUT2D eigenvalue weighted by Gasteiger charge is -2.25. The Bertz CT molecular complexity index is 331. The molecule has 0 bridgehead atoms. The summed E-state index contributed by atoms with van der Waals surface area (Å²) in [7, 11) is 0. The van der Waals surface area contributed by atoms with Crippen LogP contribution >= 0.6 is 0 Å². The Hall–Kier alpha value is -0.570. The van der Waals surface area contributed by atoms with Crippen LogP contribution in [0.3, 0.4) is 0 Å². The van der Waals surface area contributed by atoms with Gasteiger partial charge in [-0.15, -0.1) is 0 Å². The molecule has 1 amide bonds. The molecule has 1 atom stereocenters. The van der Waals surface area contributed by atoms with Crippen LogP contribution in [0.4, 0.5) is 0 Å². The maximum absolute atomic E-state index is 12.4. The minimum atomic E-state index is -0.126. The van der Waals surface area contributed by atoms with Crippen molar-refractivity contribution in [1.82, 2.24) is 10.2 Å². The number of rotatable bonds is 6. The first-order valence-corrected chi connectivity index (χ1v) is 7.69. The number of hydrogen-bond acceptors (Lipinski definition) is 2. The Morgan fingerprint density at radius 1 is 1.39 bits per heavy atom. The van der Waals surface area contributed by atoms with Crippen LogP contribution < -0.4 is 5.32 Å². The number of nitrogens with zero attached hydrogens (tertiary/aromatic N) is 1. The monoisotopic (exact) mass is 250 g/mol. The second kappa shape index (κ2) is 4.52. The summed E-state index contributed by atoms with van der Waals surface area (Å²) in [5, 5.41) is 3.60. The number of carbonyl (C=O) groups is 1. The third-order valence-corrected chi connectivity index (χ3v) is 4.64. The molecular formula is C15H26N2O. The topological polar surface area (TPSA) is 32.3 Å². The highest BCUT2D eigenvalue weighted by Gasteiger charge is 2.58. The molecule has 102 valence electrons. The van der Waals surface area contributed by atoms with Crippen molar-refractivity contribution in [3.05, 3.63) is 0 Å². The van der Waals surface area contributed by atoms with E-state index in [0.29, 0.717) is 18.0 Å². The average molecular weight is 250 g/mol. The Labute approximate surface area is 110 Å². The van der Waals surface area contributed by atoms with Crippen molar-refractivity contribution in [2.24, 2.45) is 11.8 Å². The molecule has 3 heteroatoms. The zero-order valence-electron chi connectivity index (χ0n) is 11.7. The molecule has 2 saturated carbocycles. The standard InChI is InChI=1S/C15H26N2O/c1-11(2)10-13-16-15(7-8-15)14(18)17(13)9-3-4-12-5-6-12/h11-13,16H,3-10H2,1-2H3. The zero-order chi connectivity index (χ0) is 12.8. The summed E-state index contributed by atoms with van der Waals surface area (Å²) in [4.78, 5) is 14.6. The van der Waals surface area contributed by atoms with Gasteiger partial charge in [-0.2, -0.15) is 0 Å². The fraction of sp³-hybridized carbons (Fsp3) is 0.933. The molecule has 3 aliphatic rings. The fourth-order valence-electron chi connectivity index (χ4n) is 3.21. The second-order valence-electron chi connectivity index (χ2n) is 6.96. The summed E-state index contributed by atoms with van der Waals surface area (Å²) in [6.07, 6.45) is 8.88. The molecule has 3 rings (SSSR count). The predicted octanol–water partition coefficient (Wildman–Crippen LogP) is 2.51. The highest BCUT2D eigenvalue weighted by atomic mass is 16.2. The molecular weight excluding hydrogens is 224 g/mol. The van der Waals surface area contributed by atoms with Gasteiger partial charge in [0.2, 0.25) is 5.91 Å². The van der Waals surface area contributed by atoms with Crippen molar-refractivity contribution in [3.8, 4) is 0 Å². The van der Waals surface area contributed by atoms with Crippen molar-refractivity contribution in [2.45, 2.75) is 70.5 Å². The Morgan fingerprint density at radius 3 is 2.67 bits per heavy atom. The lowest BCUT2D eigenvalue weighted by molar-refractivity contribution is -0.131. The van der Waals surface area contributed by atoms with Crippen LogP contribution in [-0.2, 0) is 4.79 Å². The molecule has 1 spiro atoms. The molecule has 3 fully saturated rings. The first-order chi connectivity index (χ1) is 8.61. The van der Waals surface area contributed by atoms with Crippen molar-refractivity contribution in [1.29, 1.82) is 0 Å². The van der Waals surface area contributed by atoms with Gasteiger partial charge in [0.1, 0.15) is 0 Å². The molecule has 2 aliphatic carbocycles. The van der Waals surface area contributed by atoms with E-state index in [1.165, 1.54) is 25.7 Å². The summed E-state index contributed by atoms with van der Waals surface area (Å²) in [6.45, 7) is 5.46. The average Bonchev–Trinajstić information content (AvgIpc) is 3.17. The molecule has 1 aliphatic heterocycles. The predicted molar refractivity (Wildman–Crippen MR) is 72.0 cm³/mol. The van der Waals surface area contributed by atoms with Crippen LogP contribution in [0.2, 0.25) is 0 Å². The van der Waals surface area contributed by atoms with E-state index in [0.717, 1.165) is 31.7 Å². The Kier molecular flexibility index (Phi) is 3.13.